The van der Waals surface area contributed by atoms with Crippen molar-refractivity contribution in [1.82, 2.24) is 23.8 Å². The number of aromatic amines is 1. The molecule has 1 aromatic carbocycles. The minimum absolute atomic E-state index is 0.191. The van der Waals surface area contributed by atoms with Gasteiger partial charge in [-0.05, 0) is 45.2 Å². The Balaban J connectivity index is 1.46. The lowest BCUT2D eigenvalue weighted by atomic mass is 9.98. The summed E-state index contributed by atoms with van der Waals surface area (Å²) in [6.45, 7) is 5.27. The van der Waals surface area contributed by atoms with Gasteiger partial charge in [-0.2, -0.15) is 22.3 Å². The summed E-state index contributed by atoms with van der Waals surface area (Å²) in [7, 11) is -3.84. The van der Waals surface area contributed by atoms with Gasteiger partial charge in [-0.3, -0.25) is 14.3 Å². The average molecular weight is 515 g/mol. The van der Waals surface area contributed by atoms with Crippen LogP contribution in [-0.4, -0.2) is 71.0 Å². The standard InChI is InChI=1S/C24H30N6O5S/c1-16-17(2)25-22-15-20(26-30(22)23(16)31)21-9-5-6-10-29(21)24(32)18-7-3-4-8-19(18)27-36(33,34)28-11-13-35-14-12-28/h3-4,7-8,15,21,25,27H,5-6,9-14H2,1-2H3/t21-/m0/s1. The van der Waals surface area contributed by atoms with E-state index >= 15 is 0 Å². The number of piperidine rings is 1. The third-order valence-corrected chi connectivity index (χ3v) is 8.45. The molecule has 12 heteroatoms. The van der Waals surface area contributed by atoms with Crippen molar-refractivity contribution >= 4 is 27.5 Å². The number of para-hydroxylation sites is 1. The van der Waals surface area contributed by atoms with E-state index in [0.29, 0.717) is 43.1 Å². The van der Waals surface area contributed by atoms with Crippen molar-refractivity contribution < 1.29 is 17.9 Å². The van der Waals surface area contributed by atoms with Gasteiger partial charge in [0.05, 0.1) is 36.2 Å². The lowest BCUT2D eigenvalue weighted by Crippen LogP contribution is -2.44. The summed E-state index contributed by atoms with van der Waals surface area (Å²) >= 11 is 0. The maximum Gasteiger partial charge on any atom is 0.301 e. The van der Waals surface area contributed by atoms with Gasteiger partial charge in [-0.1, -0.05) is 12.1 Å². The Labute approximate surface area is 209 Å². The van der Waals surface area contributed by atoms with Gasteiger partial charge in [0.25, 0.3) is 11.5 Å². The number of hydrogen-bond acceptors (Lipinski definition) is 6. The van der Waals surface area contributed by atoms with E-state index in [1.807, 2.05) is 13.0 Å². The van der Waals surface area contributed by atoms with E-state index in [4.69, 9.17) is 4.74 Å². The first kappa shape index (κ1) is 24.5. The molecule has 4 heterocycles. The maximum absolute atomic E-state index is 13.8. The zero-order chi connectivity index (χ0) is 25.4. The van der Waals surface area contributed by atoms with Gasteiger partial charge >= 0.3 is 10.2 Å². The number of fused-ring (bicyclic) bond motifs is 1. The van der Waals surface area contributed by atoms with Crippen molar-refractivity contribution in [3.63, 3.8) is 0 Å². The predicted molar refractivity (Wildman–Crippen MR) is 134 cm³/mol. The molecule has 0 aliphatic carbocycles. The molecule has 0 saturated carbocycles. The second-order valence-corrected chi connectivity index (χ2v) is 10.9. The number of benzene rings is 1. The first-order valence-corrected chi connectivity index (χ1v) is 13.5. The van der Waals surface area contributed by atoms with Gasteiger partial charge in [0, 0.05) is 37.0 Å². The van der Waals surface area contributed by atoms with E-state index in [1.165, 1.54) is 8.82 Å². The Kier molecular flexibility index (Phi) is 6.58. The Hall–Kier alpha value is -3.22. The quantitative estimate of drug-likeness (QED) is 0.536. The van der Waals surface area contributed by atoms with Crippen LogP contribution in [0.5, 0.6) is 0 Å². The number of H-pyrrole nitrogens is 1. The molecule has 192 valence electrons. The molecule has 2 saturated heterocycles. The Morgan fingerprint density at radius 2 is 1.89 bits per heavy atom. The third kappa shape index (κ3) is 4.51. The number of ether oxygens (including phenoxy) is 1. The number of anilines is 1. The summed E-state index contributed by atoms with van der Waals surface area (Å²) in [5.41, 5.74) is 2.89. The monoisotopic (exact) mass is 514 g/mol. The van der Waals surface area contributed by atoms with Crippen LogP contribution in [0.4, 0.5) is 5.69 Å². The number of carbonyl (C=O) groups excluding carboxylic acids is 1. The summed E-state index contributed by atoms with van der Waals surface area (Å²) < 4.78 is 36.5. The predicted octanol–water partition coefficient (Wildman–Crippen LogP) is 2.00. The molecular weight excluding hydrogens is 484 g/mol. The molecule has 0 radical (unpaired) electrons. The van der Waals surface area contributed by atoms with Gasteiger partial charge in [0.15, 0.2) is 0 Å². The number of nitrogens with one attached hydrogen (secondary N) is 2. The second-order valence-electron chi connectivity index (χ2n) is 9.22. The smallest absolute Gasteiger partial charge is 0.301 e. The molecule has 0 bridgehead atoms. The minimum Gasteiger partial charge on any atom is -0.379 e. The van der Waals surface area contributed by atoms with Crippen LogP contribution in [0, 0.1) is 13.8 Å². The summed E-state index contributed by atoms with van der Waals surface area (Å²) in [6, 6.07) is 8.12. The van der Waals surface area contributed by atoms with Crippen LogP contribution in [0.2, 0.25) is 0 Å². The first-order chi connectivity index (χ1) is 17.3. The lowest BCUT2D eigenvalue weighted by Gasteiger charge is -2.35. The number of aryl methyl sites for hydroxylation is 1. The fourth-order valence-corrected chi connectivity index (χ4v) is 6.01. The zero-order valence-electron chi connectivity index (χ0n) is 20.4. The van der Waals surface area contributed by atoms with E-state index in [-0.39, 0.29) is 41.8 Å². The molecule has 2 N–H and O–H groups in total. The second kappa shape index (κ2) is 9.68. The van der Waals surface area contributed by atoms with Gasteiger partial charge in [0.1, 0.15) is 5.65 Å². The SMILES string of the molecule is Cc1[nH]c2cc([C@@H]3CCCCN3C(=O)c3ccccc3NS(=O)(=O)N3CCOCC3)nn2c(=O)c1C. The summed E-state index contributed by atoms with van der Waals surface area (Å²) in [6.07, 6.45) is 2.44. The maximum atomic E-state index is 13.8. The molecule has 2 aromatic heterocycles. The van der Waals surface area contributed by atoms with Crippen LogP contribution in [0.3, 0.4) is 0 Å². The molecule has 2 aliphatic heterocycles. The van der Waals surface area contributed by atoms with Crippen molar-refractivity contribution in [2.24, 2.45) is 0 Å². The molecule has 11 nitrogen and oxygen atoms in total. The van der Waals surface area contributed by atoms with E-state index in [1.54, 1.807) is 36.1 Å². The number of morpholine rings is 1. The van der Waals surface area contributed by atoms with E-state index in [9.17, 15) is 18.0 Å². The minimum atomic E-state index is -3.84. The number of rotatable bonds is 5. The average Bonchev–Trinajstić information content (AvgIpc) is 3.31. The molecule has 2 aliphatic rings. The van der Waals surface area contributed by atoms with Crippen LogP contribution in [0.15, 0.2) is 35.1 Å². The highest BCUT2D eigenvalue weighted by atomic mass is 32.2. The lowest BCUT2D eigenvalue weighted by molar-refractivity contribution is 0.0606. The molecule has 0 spiro atoms. The van der Waals surface area contributed by atoms with E-state index in [2.05, 4.69) is 14.8 Å². The van der Waals surface area contributed by atoms with Crippen LogP contribution in [-0.2, 0) is 14.9 Å². The highest BCUT2D eigenvalue weighted by Gasteiger charge is 2.33. The number of aromatic nitrogens is 3. The molecular formula is C24H30N6O5S. The Morgan fingerprint density at radius 3 is 2.67 bits per heavy atom. The molecule has 1 atom stereocenters. The van der Waals surface area contributed by atoms with Crippen molar-refractivity contribution in [3.8, 4) is 0 Å². The third-order valence-electron chi connectivity index (χ3n) is 6.93. The number of likely N-dealkylation sites (tertiary alicyclic amines) is 1. The molecule has 1 amide bonds. The van der Waals surface area contributed by atoms with Crippen LogP contribution in [0.25, 0.3) is 5.65 Å². The number of hydrogen-bond donors (Lipinski definition) is 2. The van der Waals surface area contributed by atoms with Crippen molar-refractivity contribution in [3.05, 3.63) is 63.2 Å². The summed E-state index contributed by atoms with van der Waals surface area (Å²) in [4.78, 5) is 31.5. The van der Waals surface area contributed by atoms with Crippen molar-refractivity contribution in [1.29, 1.82) is 0 Å². The highest BCUT2D eigenvalue weighted by molar-refractivity contribution is 7.90. The Bertz CT molecular complexity index is 1460. The number of amides is 1. The molecule has 3 aromatic rings. The highest BCUT2D eigenvalue weighted by Crippen LogP contribution is 2.33. The number of carbonyl (C=O) groups is 1. The van der Waals surface area contributed by atoms with E-state index < -0.39 is 10.2 Å². The van der Waals surface area contributed by atoms with Crippen molar-refractivity contribution in [2.45, 2.75) is 39.2 Å². The molecule has 0 unspecified atom stereocenters. The normalized spacial score (nSPS) is 19.5. The van der Waals surface area contributed by atoms with Crippen molar-refractivity contribution in [2.75, 3.05) is 37.6 Å². The Morgan fingerprint density at radius 1 is 1.14 bits per heavy atom. The van der Waals surface area contributed by atoms with Crippen LogP contribution < -0.4 is 10.3 Å². The van der Waals surface area contributed by atoms with Gasteiger partial charge in [-0.25, -0.2) is 0 Å². The summed E-state index contributed by atoms with van der Waals surface area (Å²) in [5, 5.41) is 4.56. The summed E-state index contributed by atoms with van der Waals surface area (Å²) in [5.74, 6) is -0.282. The largest absolute Gasteiger partial charge is 0.379 e. The molecule has 36 heavy (non-hydrogen) atoms. The topological polar surface area (TPSA) is 129 Å². The fourth-order valence-electron chi connectivity index (χ4n) is 4.80. The molecule has 2 fully saturated rings. The van der Waals surface area contributed by atoms with Gasteiger partial charge in [0.2, 0.25) is 0 Å². The van der Waals surface area contributed by atoms with Crippen LogP contribution >= 0.6 is 0 Å². The van der Waals surface area contributed by atoms with Gasteiger partial charge < -0.3 is 14.6 Å². The fraction of sp³-hybridized carbons (Fsp3) is 0.458. The van der Waals surface area contributed by atoms with Gasteiger partial charge in [-0.15, -0.1) is 0 Å². The van der Waals surface area contributed by atoms with Crippen LogP contribution in [0.1, 0.15) is 52.6 Å². The van der Waals surface area contributed by atoms with E-state index in [0.717, 1.165) is 18.5 Å². The molecule has 5 rings (SSSR count). The first-order valence-electron chi connectivity index (χ1n) is 12.1. The number of nitrogens with zero attached hydrogens (tertiary/aromatic N) is 4. The zero-order valence-corrected chi connectivity index (χ0v) is 21.2.